The van der Waals surface area contributed by atoms with Crippen LogP contribution in [0.25, 0.3) is 0 Å². The van der Waals surface area contributed by atoms with Crippen LogP contribution in [0.15, 0.2) is 48.7 Å². The Hall–Kier alpha value is -2.93. The number of amides is 2. The third-order valence-corrected chi connectivity index (χ3v) is 5.90. The van der Waals surface area contributed by atoms with Gasteiger partial charge in [0.05, 0.1) is 11.5 Å². The highest BCUT2D eigenvalue weighted by Gasteiger charge is 2.27. The molecule has 2 amide bonds. The fraction of sp³-hybridized carbons (Fsp3) is 0.480. The maximum absolute atomic E-state index is 13.1. The van der Waals surface area contributed by atoms with Gasteiger partial charge in [0, 0.05) is 38.9 Å². The molecule has 1 aromatic carbocycles. The lowest BCUT2D eigenvalue weighted by atomic mass is 9.95. The Morgan fingerprint density at radius 2 is 1.78 bits per heavy atom. The van der Waals surface area contributed by atoms with Crippen molar-refractivity contribution in [1.29, 1.82) is 0 Å². The fourth-order valence-corrected chi connectivity index (χ4v) is 4.02. The van der Waals surface area contributed by atoms with Crippen molar-refractivity contribution in [3.8, 4) is 0 Å². The number of carbonyl (C=O) groups is 2. The van der Waals surface area contributed by atoms with E-state index in [9.17, 15) is 9.59 Å². The van der Waals surface area contributed by atoms with E-state index in [1.54, 1.807) is 6.20 Å². The summed E-state index contributed by atoms with van der Waals surface area (Å²) < 4.78 is 0. The van der Waals surface area contributed by atoms with Crippen LogP contribution in [0.4, 0.5) is 5.82 Å². The fourth-order valence-electron chi connectivity index (χ4n) is 4.02. The number of benzene rings is 1. The summed E-state index contributed by atoms with van der Waals surface area (Å²) in [5.41, 5.74) is 1.65. The second-order valence-corrected chi connectivity index (χ2v) is 8.50. The van der Waals surface area contributed by atoms with E-state index in [1.165, 1.54) is 0 Å². The number of nitrogens with one attached hydrogen (secondary N) is 1. The molecular formula is C25H35N5O2. The van der Waals surface area contributed by atoms with Gasteiger partial charge in [-0.15, -0.1) is 0 Å². The molecule has 7 nitrogen and oxygen atoms in total. The van der Waals surface area contributed by atoms with Crippen LogP contribution in [0, 0.1) is 0 Å². The smallest absolute Gasteiger partial charge is 0.252 e. The van der Waals surface area contributed by atoms with Crippen molar-refractivity contribution in [2.45, 2.75) is 25.7 Å². The first kappa shape index (κ1) is 23.7. The van der Waals surface area contributed by atoms with Gasteiger partial charge in [-0.3, -0.25) is 9.59 Å². The van der Waals surface area contributed by atoms with Crippen molar-refractivity contribution in [1.82, 2.24) is 20.1 Å². The molecule has 172 valence electrons. The summed E-state index contributed by atoms with van der Waals surface area (Å²) in [7, 11) is 4.04. The van der Waals surface area contributed by atoms with Crippen LogP contribution in [-0.4, -0.2) is 80.0 Å². The van der Waals surface area contributed by atoms with Crippen molar-refractivity contribution in [3.05, 3.63) is 59.8 Å². The molecule has 0 aliphatic carbocycles. The third kappa shape index (κ3) is 6.29. The predicted octanol–water partition coefficient (Wildman–Crippen LogP) is 2.61. The first-order valence-corrected chi connectivity index (χ1v) is 11.5. The zero-order chi connectivity index (χ0) is 22.9. The lowest BCUT2D eigenvalue weighted by Crippen LogP contribution is -2.50. The average molecular weight is 438 g/mol. The molecule has 3 rings (SSSR count). The Morgan fingerprint density at radius 3 is 2.38 bits per heavy atom. The molecule has 1 N–H and O–H groups in total. The standard InChI is InChI=1S/C25H35N5O2/c1-4-22(20-9-6-5-7-10-20)25(32)30-17-15-29(16-18-30)23-12-11-21(19-27-23)24(31)26-13-8-14-28(2)3/h5-7,9-12,19,22H,4,8,13-18H2,1-3H3,(H,26,31). The van der Waals surface area contributed by atoms with Crippen LogP contribution in [0.5, 0.6) is 0 Å². The molecule has 1 atom stereocenters. The minimum Gasteiger partial charge on any atom is -0.353 e. The largest absolute Gasteiger partial charge is 0.353 e. The van der Waals surface area contributed by atoms with Gasteiger partial charge in [0.2, 0.25) is 5.91 Å². The first-order chi connectivity index (χ1) is 15.5. The molecule has 32 heavy (non-hydrogen) atoms. The molecule has 0 bridgehead atoms. The van der Waals surface area contributed by atoms with Gasteiger partial charge < -0.3 is 20.0 Å². The Kier molecular flexibility index (Phi) is 8.62. The van der Waals surface area contributed by atoms with E-state index < -0.39 is 0 Å². The molecule has 2 heterocycles. The zero-order valence-corrected chi connectivity index (χ0v) is 19.5. The third-order valence-electron chi connectivity index (χ3n) is 5.90. The number of carbonyl (C=O) groups excluding carboxylic acids is 2. The first-order valence-electron chi connectivity index (χ1n) is 11.5. The van der Waals surface area contributed by atoms with Gasteiger partial charge in [0.1, 0.15) is 5.82 Å². The monoisotopic (exact) mass is 437 g/mol. The Morgan fingerprint density at radius 1 is 1.06 bits per heavy atom. The number of anilines is 1. The van der Waals surface area contributed by atoms with Crippen LogP contribution in [0.1, 0.15) is 41.6 Å². The van der Waals surface area contributed by atoms with E-state index in [0.717, 1.165) is 43.9 Å². The summed E-state index contributed by atoms with van der Waals surface area (Å²) in [6.45, 7) is 6.48. The Balaban J connectivity index is 1.50. The minimum absolute atomic E-state index is 0.0867. The summed E-state index contributed by atoms with van der Waals surface area (Å²) in [4.78, 5) is 36.1. The van der Waals surface area contributed by atoms with Crippen molar-refractivity contribution in [2.24, 2.45) is 0 Å². The highest BCUT2D eigenvalue weighted by atomic mass is 16.2. The quantitative estimate of drug-likeness (QED) is 0.611. The molecule has 2 aromatic rings. The maximum atomic E-state index is 13.1. The summed E-state index contributed by atoms with van der Waals surface area (Å²) in [6, 6.07) is 13.7. The Bertz CT molecular complexity index is 862. The molecule has 7 heteroatoms. The second kappa shape index (κ2) is 11.6. The number of aromatic nitrogens is 1. The molecule has 1 aliphatic rings. The summed E-state index contributed by atoms with van der Waals surface area (Å²) in [5, 5.41) is 2.94. The zero-order valence-electron chi connectivity index (χ0n) is 19.5. The minimum atomic E-state index is -0.0928. The maximum Gasteiger partial charge on any atom is 0.252 e. The van der Waals surface area contributed by atoms with Gasteiger partial charge in [-0.1, -0.05) is 37.3 Å². The van der Waals surface area contributed by atoms with E-state index in [2.05, 4.69) is 27.0 Å². The molecule has 1 saturated heterocycles. The van der Waals surface area contributed by atoms with E-state index >= 15 is 0 Å². The van der Waals surface area contributed by atoms with Crippen molar-refractivity contribution in [3.63, 3.8) is 0 Å². The van der Waals surface area contributed by atoms with Crippen molar-refractivity contribution < 1.29 is 9.59 Å². The van der Waals surface area contributed by atoms with Crippen LogP contribution < -0.4 is 10.2 Å². The molecule has 1 fully saturated rings. The highest BCUT2D eigenvalue weighted by Crippen LogP contribution is 2.23. The molecule has 0 spiro atoms. The van der Waals surface area contributed by atoms with Gasteiger partial charge in [0.25, 0.3) is 5.91 Å². The number of piperazine rings is 1. The van der Waals surface area contributed by atoms with E-state index in [0.29, 0.717) is 25.2 Å². The summed E-state index contributed by atoms with van der Waals surface area (Å²) in [5.74, 6) is 0.866. The molecule has 1 aromatic heterocycles. The molecule has 0 radical (unpaired) electrons. The van der Waals surface area contributed by atoms with Gasteiger partial charge in [0.15, 0.2) is 0 Å². The van der Waals surface area contributed by atoms with Gasteiger partial charge in [-0.25, -0.2) is 4.98 Å². The van der Waals surface area contributed by atoms with Crippen LogP contribution in [0.3, 0.4) is 0 Å². The number of hydrogen-bond donors (Lipinski definition) is 1. The van der Waals surface area contributed by atoms with Crippen LogP contribution in [0.2, 0.25) is 0 Å². The molecule has 0 saturated carbocycles. The average Bonchev–Trinajstić information content (AvgIpc) is 2.83. The normalized spacial score (nSPS) is 15.0. The van der Waals surface area contributed by atoms with Gasteiger partial charge in [-0.2, -0.15) is 0 Å². The second-order valence-electron chi connectivity index (χ2n) is 8.50. The summed E-state index contributed by atoms with van der Waals surface area (Å²) in [6.07, 6.45) is 3.34. The van der Waals surface area contributed by atoms with E-state index in [1.807, 2.05) is 61.5 Å². The number of pyridine rings is 1. The van der Waals surface area contributed by atoms with Gasteiger partial charge >= 0.3 is 0 Å². The summed E-state index contributed by atoms with van der Waals surface area (Å²) >= 11 is 0. The Labute approximate surface area is 191 Å². The SMILES string of the molecule is CCC(C(=O)N1CCN(c2ccc(C(=O)NCCCN(C)C)cn2)CC1)c1ccccc1. The van der Waals surface area contributed by atoms with E-state index in [-0.39, 0.29) is 17.7 Å². The molecule has 1 unspecified atom stereocenters. The van der Waals surface area contributed by atoms with Crippen LogP contribution >= 0.6 is 0 Å². The van der Waals surface area contributed by atoms with Gasteiger partial charge in [-0.05, 0) is 51.2 Å². The van der Waals surface area contributed by atoms with Crippen LogP contribution in [-0.2, 0) is 4.79 Å². The predicted molar refractivity (Wildman–Crippen MR) is 128 cm³/mol. The number of nitrogens with zero attached hydrogens (tertiary/aromatic N) is 4. The number of rotatable bonds is 9. The molecular weight excluding hydrogens is 402 g/mol. The van der Waals surface area contributed by atoms with E-state index in [4.69, 9.17) is 0 Å². The topological polar surface area (TPSA) is 68.8 Å². The highest BCUT2D eigenvalue weighted by molar-refractivity contribution is 5.94. The number of hydrogen-bond acceptors (Lipinski definition) is 5. The lowest BCUT2D eigenvalue weighted by Gasteiger charge is -2.37. The lowest BCUT2D eigenvalue weighted by molar-refractivity contribution is -0.133. The molecule has 1 aliphatic heterocycles. The van der Waals surface area contributed by atoms with Crippen molar-refractivity contribution in [2.75, 3.05) is 58.3 Å². The van der Waals surface area contributed by atoms with Crippen molar-refractivity contribution >= 4 is 17.6 Å².